The van der Waals surface area contributed by atoms with Crippen molar-refractivity contribution in [2.45, 2.75) is 65.5 Å². The van der Waals surface area contributed by atoms with Crippen LogP contribution in [-0.2, 0) is 4.74 Å². The molecule has 1 aromatic carbocycles. The second-order valence-electron chi connectivity index (χ2n) is 7.18. The van der Waals surface area contributed by atoms with Crippen LogP contribution in [0.2, 0.25) is 0 Å². The molecule has 0 bridgehead atoms. The number of alkyl carbamates (subject to hydrolysis) is 1. The molecule has 0 fully saturated rings. The number of unbranched alkanes of at least 4 members (excludes halogenated alkanes) is 1. The number of amides is 1. The number of aryl methyl sites for hydroxylation is 1. The van der Waals surface area contributed by atoms with Crippen LogP contribution in [0, 0.1) is 6.92 Å². The molecule has 25 heavy (non-hydrogen) atoms. The van der Waals surface area contributed by atoms with E-state index in [9.17, 15) is 4.79 Å². The Balaban J connectivity index is 2.63. The number of hydrogen-bond acceptors (Lipinski definition) is 3. The maximum Gasteiger partial charge on any atom is 0.407 e. The van der Waals surface area contributed by atoms with Gasteiger partial charge in [-0.15, -0.1) is 0 Å². The van der Waals surface area contributed by atoms with Gasteiger partial charge in [-0.25, -0.2) is 9.79 Å². The van der Waals surface area contributed by atoms with E-state index in [0.29, 0.717) is 12.5 Å². The molecule has 6 nitrogen and oxygen atoms in total. The Hall–Kier alpha value is -2.24. The van der Waals surface area contributed by atoms with Crippen LogP contribution in [0.15, 0.2) is 29.3 Å². The van der Waals surface area contributed by atoms with Crippen LogP contribution in [-0.4, -0.2) is 30.2 Å². The van der Waals surface area contributed by atoms with Crippen molar-refractivity contribution in [2.24, 2.45) is 10.7 Å². The van der Waals surface area contributed by atoms with Gasteiger partial charge >= 0.3 is 6.09 Å². The first-order chi connectivity index (χ1) is 11.7. The summed E-state index contributed by atoms with van der Waals surface area (Å²) in [6.45, 7) is 10.1. The largest absolute Gasteiger partial charge is 0.444 e. The van der Waals surface area contributed by atoms with E-state index in [2.05, 4.69) is 22.5 Å². The second kappa shape index (κ2) is 9.91. The molecular weight excluding hydrogens is 316 g/mol. The molecule has 1 atom stereocenters. The number of nitrogens with two attached hydrogens (primary N) is 1. The topological polar surface area (TPSA) is 88.7 Å². The van der Waals surface area contributed by atoms with E-state index >= 15 is 0 Å². The Labute approximate surface area is 151 Å². The van der Waals surface area contributed by atoms with Crippen molar-refractivity contribution < 1.29 is 9.53 Å². The van der Waals surface area contributed by atoms with E-state index in [4.69, 9.17) is 10.5 Å². The number of benzene rings is 1. The fourth-order valence-corrected chi connectivity index (χ4v) is 2.18. The molecule has 1 rings (SSSR count). The van der Waals surface area contributed by atoms with Crippen LogP contribution in [0.5, 0.6) is 0 Å². The number of nitrogens with zero attached hydrogens (tertiary/aromatic N) is 1. The third-order valence-corrected chi connectivity index (χ3v) is 3.42. The van der Waals surface area contributed by atoms with Crippen LogP contribution in [0.1, 0.15) is 52.5 Å². The number of anilines is 1. The van der Waals surface area contributed by atoms with E-state index in [1.165, 1.54) is 5.56 Å². The molecule has 1 amide bonds. The first-order valence-electron chi connectivity index (χ1n) is 8.83. The van der Waals surface area contributed by atoms with Crippen LogP contribution < -0.4 is 16.4 Å². The van der Waals surface area contributed by atoms with Gasteiger partial charge in [0.25, 0.3) is 0 Å². The van der Waals surface area contributed by atoms with Gasteiger partial charge < -0.3 is 21.1 Å². The molecule has 1 aromatic rings. The van der Waals surface area contributed by atoms with Gasteiger partial charge in [0.1, 0.15) is 5.60 Å². The van der Waals surface area contributed by atoms with Gasteiger partial charge in [-0.2, -0.15) is 0 Å². The number of ether oxygens (including phenoxy) is 1. The van der Waals surface area contributed by atoms with Gasteiger partial charge in [0.2, 0.25) is 0 Å². The molecule has 4 N–H and O–H groups in total. The Morgan fingerprint density at radius 2 is 1.92 bits per heavy atom. The predicted molar refractivity (Wildman–Crippen MR) is 104 cm³/mol. The van der Waals surface area contributed by atoms with Gasteiger partial charge in [0.05, 0.1) is 6.04 Å². The smallest absolute Gasteiger partial charge is 0.407 e. The highest BCUT2D eigenvalue weighted by Gasteiger charge is 2.17. The van der Waals surface area contributed by atoms with Gasteiger partial charge in [0.15, 0.2) is 5.96 Å². The summed E-state index contributed by atoms with van der Waals surface area (Å²) >= 11 is 0. The SMILES string of the molecule is CCCCC(CNC(=O)OC(C)(C)C)N=C(N)Nc1ccc(C)cc1. The number of rotatable bonds is 7. The summed E-state index contributed by atoms with van der Waals surface area (Å²) in [6.07, 6.45) is 2.49. The molecule has 0 saturated heterocycles. The molecule has 0 aliphatic carbocycles. The predicted octanol–water partition coefficient (Wildman–Crippen LogP) is 3.81. The van der Waals surface area contributed by atoms with Crippen molar-refractivity contribution in [3.8, 4) is 0 Å². The lowest BCUT2D eigenvalue weighted by Gasteiger charge is -2.21. The summed E-state index contributed by atoms with van der Waals surface area (Å²) in [7, 11) is 0. The van der Waals surface area contributed by atoms with Crippen LogP contribution in [0.3, 0.4) is 0 Å². The van der Waals surface area contributed by atoms with Gasteiger partial charge in [-0.05, 0) is 46.2 Å². The van der Waals surface area contributed by atoms with Crippen molar-refractivity contribution in [1.29, 1.82) is 0 Å². The Bertz CT molecular complexity index is 562. The van der Waals surface area contributed by atoms with Crippen molar-refractivity contribution in [1.82, 2.24) is 5.32 Å². The lowest BCUT2D eigenvalue weighted by molar-refractivity contribution is 0.0524. The quantitative estimate of drug-likeness (QED) is 0.516. The van der Waals surface area contributed by atoms with Crippen molar-refractivity contribution in [3.05, 3.63) is 29.8 Å². The molecule has 6 heteroatoms. The van der Waals surface area contributed by atoms with E-state index in [0.717, 1.165) is 24.9 Å². The average molecular weight is 348 g/mol. The minimum Gasteiger partial charge on any atom is -0.444 e. The standard InChI is InChI=1S/C19H32N4O2/c1-6-7-8-16(13-21-18(24)25-19(3,4)5)23-17(20)22-15-11-9-14(2)10-12-15/h9-12,16H,6-8,13H2,1-5H3,(H,21,24)(H3,20,22,23). The van der Waals surface area contributed by atoms with E-state index in [1.54, 1.807) is 0 Å². The normalized spacial score (nSPS) is 13.2. The molecule has 0 saturated carbocycles. The molecule has 140 valence electrons. The molecule has 0 aliphatic rings. The van der Waals surface area contributed by atoms with E-state index in [-0.39, 0.29) is 6.04 Å². The highest BCUT2D eigenvalue weighted by Crippen LogP contribution is 2.10. The number of carbonyl (C=O) groups is 1. The molecule has 1 unspecified atom stereocenters. The summed E-state index contributed by atoms with van der Waals surface area (Å²) in [5.41, 5.74) is 7.58. The number of nitrogens with one attached hydrogen (secondary N) is 2. The summed E-state index contributed by atoms with van der Waals surface area (Å²) in [6, 6.07) is 7.84. The van der Waals surface area contributed by atoms with Gasteiger partial charge in [-0.3, -0.25) is 0 Å². The fraction of sp³-hybridized carbons (Fsp3) is 0.579. The molecule has 0 heterocycles. The first kappa shape index (κ1) is 20.8. The monoisotopic (exact) mass is 348 g/mol. The van der Waals surface area contributed by atoms with Crippen LogP contribution in [0.25, 0.3) is 0 Å². The van der Waals surface area contributed by atoms with Crippen LogP contribution in [0.4, 0.5) is 10.5 Å². The highest BCUT2D eigenvalue weighted by molar-refractivity contribution is 5.92. The summed E-state index contributed by atoms with van der Waals surface area (Å²) in [5, 5.41) is 5.86. The zero-order chi connectivity index (χ0) is 18.9. The number of aliphatic imine (C=N–C) groups is 1. The minimum absolute atomic E-state index is 0.0922. The number of hydrogen-bond donors (Lipinski definition) is 3. The first-order valence-corrected chi connectivity index (χ1v) is 8.83. The third-order valence-electron chi connectivity index (χ3n) is 3.42. The van der Waals surface area contributed by atoms with Crippen molar-refractivity contribution in [3.63, 3.8) is 0 Å². The zero-order valence-corrected chi connectivity index (χ0v) is 16.1. The van der Waals surface area contributed by atoms with Crippen molar-refractivity contribution >= 4 is 17.7 Å². The lowest BCUT2D eigenvalue weighted by Crippen LogP contribution is -2.37. The summed E-state index contributed by atoms with van der Waals surface area (Å²) in [4.78, 5) is 16.3. The third kappa shape index (κ3) is 9.59. The molecule has 0 aromatic heterocycles. The molecule has 0 radical (unpaired) electrons. The minimum atomic E-state index is -0.516. The van der Waals surface area contributed by atoms with Crippen molar-refractivity contribution in [2.75, 3.05) is 11.9 Å². The molecule has 0 aliphatic heterocycles. The Morgan fingerprint density at radius 1 is 1.28 bits per heavy atom. The maximum atomic E-state index is 11.8. The summed E-state index contributed by atoms with van der Waals surface area (Å²) < 4.78 is 5.26. The fourth-order valence-electron chi connectivity index (χ4n) is 2.18. The van der Waals surface area contributed by atoms with E-state index in [1.807, 2.05) is 52.0 Å². The Morgan fingerprint density at radius 3 is 2.48 bits per heavy atom. The molecule has 0 spiro atoms. The van der Waals surface area contributed by atoms with Gasteiger partial charge in [0, 0.05) is 12.2 Å². The maximum absolute atomic E-state index is 11.8. The molecular formula is C19H32N4O2. The zero-order valence-electron chi connectivity index (χ0n) is 16.1. The number of guanidine groups is 1. The lowest BCUT2D eigenvalue weighted by atomic mass is 10.1. The summed E-state index contributed by atoms with van der Waals surface area (Å²) in [5.74, 6) is 0.343. The number of carbonyl (C=O) groups excluding carboxylic acids is 1. The average Bonchev–Trinajstić information content (AvgIpc) is 2.50. The van der Waals surface area contributed by atoms with E-state index < -0.39 is 11.7 Å². The highest BCUT2D eigenvalue weighted by atomic mass is 16.6. The second-order valence-corrected chi connectivity index (χ2v) is 7.18. The Kier molecular flexibility index (Phi) is 8.25. The van der Waals surface area contributed by atoms with Crippen LogP contribution >= 0.6 is 0 Å². The van der Waals surface area contributed by atoms with Gasteiger partial charge in [-0.1, -0.05) is 37.5 Å².